The van der Waals surface area contributed by atoms with Crippen LogP contribution >= 0.6 is 11.3 Å². The van der Waals surface area contributed by atoms with Crippen LogP contribution in [-0.2, 0) is 0 Å². The van der Waals surface area contributed by atoms with Gasteiger partial charge < -0.3 is 19.3 Å². The Bertz CT molecular complexity index is 1480. The van der Waals surface area contributed by atoms with E-state index in [1.165, 1.54) is 10.1 Å². The third-order valence-electron chi connectivity index (χ3n) is 5.53. The van der Waals surface area contributed by atoms with Gasteiger partial charge in [-0.1, -0.05) is 30.3 Å². The van der Waals surface area contributed by atoms with E-state index in [4.69, 9.17) is 9.47 Å². The fraction of sp³-hybridized carbons (Fsp3) is 0.0741. The second-order valence-electron chi connectivity index (χ2n) is 7.93. The second kappa shape index (κ2) is 8.15. The first kappa shape index (κ1) is 19.6. The second-order valence-corrected chi connectivity index (χ2v) is 8.98. The van der Waals surface area contributed by atoms with Gasteiger partial charge in [0.05, 0.1) is 11.4 Å². The molecule has 3 heterocycles. The van der Waals surface area contributed by atoms with E-state index < -0.39 is 0 Å². The summed E-state index contributed by atoms with van der Waals surface area (Å²) >= 11 is 1.73. The van der Waals surface area contributed by atoms with Gasteiger partial charge in [-0.15, -0.1) is 11.3 Å². The van der Waals surface area contributed by atoms with Gasteiger partial charge in [-0.3, -0.25) is 0 Å². The Balaban J connectivity index is 1.42. The van der Waals surface area contributed by atoms with Crippen molar-refractivity contribution >= 4 is 37.2 Å². The first-order valence-electron chi connectivity index (χ1n) is 10.7. The van der Waals surface area contributed by atoms with E-state index in [1.807, 2.05) is 36.4 Å². The Kier molecular flexibility index (Phi) is 4.85. The van der Waals surface area contributed by atoms with Crippen LogP contribution in [0.15, 0.2) is 97.5 Å². The van der Waals surface area contributed by atoms with Crippen molar-refractivity contribution in [3.05, 3.63) is 97.5 Å². The Morgan fingerprint density at radius 1 is 0.818 bits per heavy atom. The molecule has 5 aromatic rings. The molecule has 0 fully saturated rings. The first-order chi connectivity index (χ1) is 16.2. The minimum absolute atomic E-state index is 0.550. The highest BCUT2D eigenvalue weighted by Crippen LogP contribution is 2.44. The lowest BCUT2D eigenvalue weighted by Crippen LogP contribution is -2.21. The van der Waals surface area contributed by atoms with E-state index >= 15 is 0 Å². The third kappa shape index (κ3) is 3.85. The summed E-state index contributed by atoms with van der Waals surface area (Å²) in [7, 11) is 2.06. The van der Waals surface area contributed by atoms with E-state index in [0.717, 1.165) is 33.9 Å². The molecule has 1 aliphatic heterocycles. The highest BCUT2D eigenvalue weighted by Gasteiger charge is 2.16. The van der Waals surface area contributed by atoms with E-state index in [1.54, 1.807) is 17.5 Å². The summed E-state index contributed by atoms with van der Waals surface area (Å²) in [6, 6.07) is 26.2. The van der Waals surface area contributed by atoms with Gasteiger partial charge in [0, 0.05) is 65.0 Å². The minimum atomic E-state index is 0.550. The van der Waals surface area contributed by atoms with Gasteiger partial charge in [-0.05, 0) is 30.3 Å². The van der Waals surface area contributed by atoms with Crippen LogP contribution in [0.2, 0.25) is 0 Å². The number of hydrogen-bond donors (Lipinski definition) is 0. The molecule has 0 amide bonds. The van der Waals surface area contributed by atoms with E-state index in [9.17, 15) is 0 Å². The van der Waals surface area contributed by atoms with Crippen molar-refractivity contribution in [1.29, 1.82) is 0 Å². The SMILES string of the molecule is CN1C=CN(c2cccc(Oc3cc(Oc4ccccn4)cc4c3sc3ccccc34)c2)C1. The summed E-state index contributed by atoms with van der Waals surface area (Å²) < 4.78 is 14.9. The number of benzene rings is 3. The number of rotatable bonds is 5. The van der Waals surface area contributed by atoms with E-state index in [0.29, 0.717) is 11.6 Å². The predicted molar refractivity (Wildman–Crippen MR) is 134 cm³/mol. The van der Waals surface area contributed by atoms with Gasteiger partial charge in [0.1, 0.15) is 17.2 Å². The fourth-order valence-electron chi connectivity index (χ4n) is 3.98. The molecule has 6 heteroatoms. The zero-order valence-electron chi connectivity index (χ0n) is 18.0. The smallest absolute Gasteiger partial charge is 0.219 e. The van der Waals surface area contributed by atoms with E-state index in [2.05, 4.69) is 76.7 Å². The van der Waals surface area contributed by atoms with Crippen LogP contribution in [0, 0.1) is 0 Å². The lowest BCUT2D eigenvalue weighted by Gasteiger charge is -2.19. The lowest BCUT2D eigenvalue weighted by molar-refractivity contribution is 0.452. The maximum Gasteiger partial charge on any atom is 0.219 e. The number of pyridine rings is 1. The van der Waals surface area contributed by atoms with Crippen molar-refractivity contribution < 1.29 is 9.47 Å². The van der Waals surface area contributed by atoms with Crippen LogP contribution in [-0.4, -0.2) is 23.6 Å². The van der Waals surface area contributed by atoms with Crippen molar-refractivity contribution in [1.82, 2.24) is 9.88 Å². The number of anilines is 1. The zero-order valence-corrected chi connectivity index (χ0v) is 18.8. The number of aromatic nitrogens is 1. The van der Waals surface area contributed by atoms with Gasteiger partial charge >= 0.3 is 0 Å². The molecule has 0 saturated heterocycles. The summed E-state index contributed by atoms with van der Waals surface area (Å²) in [4.78, 5) is 8.62. The average Bonchev–Trinajstić information content (AvgIpc) is 3.44. The molecule has 0 atom stereocenters. The number of hydrogen-bond acceptors (Lipinski definition) is 6. The quantitative estimate of drug-likeness (QED) is 0.282. The van der Waals surface area contributed by atoms with Crippen molar-refractivity contribution in [2.75, 3.05) is 18.6 Å². The number of nitrogens with zero attached hydrogens (tertiary/aromatic N) is 3. The maximum atomic E-state index is 6.47. The monoisotopic (exact) mass is 451 g/mol. The topological polar surface area (TPSA) is 37.8 Å². The molecule has 0 unspecified atom stereocenters. The Morgan fingerprint density at radius 3 is 2.58 bits per heavy atom. The minimum Gasteiger partial charge on any atom is -0.456 e. The van der Waals surface area contributed by atoms with Crippen molar-refractivity contribution in [3.8, 4) is 23.1 Å². The largest absolute Gasteiger partial charge is 0.456 e. The Hall–Kier alpha value is -4.03. The molecule has 0 N–H and O–H groups in total. The first-order valence-corrected chi connectivity index (χ1v) is 11.5. The van der Waals surface area contributed by atoms with Crippen molar-refractivity contribution in [3.63, 3.8) is 0 Å². The normalized spacial score (nSPS) is 13.2. The summed E-state index contributed by atoms with van der Waals surface area (Å²) in [5.74, 6) is 2.80. The fourth-order valence-corrected chi connectivity index (χ4v) is 5.12. The van der Waals surface area contributed by atoms with Gasteiger partial charge in [0.25, 0.3) is 0 Å². The van der Waals surface area contributed by atoms with Gasteiger partial charge in [-0.25, -0.2) is 4.98 Å². The summed E-state index contributed by atoms with van der Waals surface area (Å²) in [5.41, 5.74) is 1.08. The Labute approximate surface area is 195 Å². The molecule has 0 radical (unpaired) electrons. The molecule has 2 aromatic heterocycles. The van der Waals surface area contributed by atoms with Crippen LogP contribution < -0.4 is 14.4 Å². The number of thiophene rings is 1. The molecule has 162 valence electrons. The standard InChI is InChI=1S/C27H21N3O2S/c1-29-13-14-30(18-29)19-7-6-8-20(15-19)31-24-17-21(32-26-11-4-5-12-28-26)16-23-22-9-2-3-10-25(22)33-27(23)24/h2-17H,18H2,1H3. The maximum absolute atomic E-state index is 6.47. The van der Waals surface area contributed by atoms with Crippen LogP contribution in [0.25, 0.3) is 20.2 Å². The summed E-state index contributed by atoms with van der Waals surface area (Å²) in [6.45, 7) is 0.817. The predicted octanol–water partition coefficient (Wildman–Crippen LogP) is 7.21. The molecule has 6 rings (SSSR count). The lowest BCUT2D eigenvalue weighted by atomic mass is 10.1. The van der Waals surface area contributed by atoms with Gasteiger partial charge in [0.15, 0.2) is 0 Å². The third-order valence-corrected chi connectivity index (χ3v) is 6.73. The molecule has 5 nitrogen and oxygen atoms in total. The molecule has 1 aliphatic rings. The van der Waals surface area contributed by atoms with Crippen LogP contribution in [0.4, 0.5) is 5.69 Å². The van der Waals surface area contributed by atoms with Crippen LogP contribution in [0.1, 0.15) is 0 Å². The Morgan fingerprint density at radius 2 is 1.73 bits per heavy atom. The summed E-state index contributed by atoms with van der Waals surface area (Å²) in [6.07, 6.45) is 5.86. The van der Waals surface area contributed by atoms with Gasteiger partial charge in [-0.2, -0.15) is 0 Å². The zero-order chi connectivity index (χ0) is 22.2. The highest BCUT2D eigenvalue weighted by molar-refractivity contribution is 7.26. The van der Waals surface area contributed by atoms with Crippen LogP contribution in [0.3, 0.4) is 0 Å². The average molecular weight is 452 g/mol. The molecule has 0 aliphatic carbocycles. The molecule has 0 bridgehead atoms. The molecule has 0 spiro atoms. The molecule has 33 heavy (non-hydrogen) atoms. The molecule has 3 aromatic carbocycles. The molecule has 0 saturated carbocycles. The summed E-state index contributed by atoms with van der Waals surface area (Å²) in [5, 5.41) is 2.30. The van der Waals surface area contributed by atoms with Gasteiger partial charge in [0.2, 0.25) is 5.88 Å². The number of fused-ring (bicyclic) bond motifs is 3. The van der Waals surface area contributed by atoms with Crippen LogP contribution in [0.5, 0.6) is 23.1 Å². The number of ether oxygens (including phenoxy) is 2. The highest BCUT2D eigenvalue weighted by atomic mass is 32.1. The van der Waals surface area contributed by atoms with Crippen molar-refractivity contribution in [2.24, 2.45) is 0 Å². The van der Waals surface area contributed by atoms with E-state index in [-0.39, 0.29) is 0 Å². The molecular weight excluding hydrogens is 430 g/mol. The molecular formula is C27H21N3O2S. The van der Waals surface area contributed by atoms with Crippen molar-refractivity contribution in [2.45, 2.75) is 0 Å².